The van der Waals surface area contributed by atoms with Gasteiger partial charge in [-0.15, -0.1) is 0 Å². The molecule has 10 heteroatoms. The minimum absolute atomic E-state index is 0.108. The number of fused-ring (bicyclic) bond motifs is 3. The lowest BCUT2D eigenvalue weighted by atomic mass is 9.45. The van der Waals surface area contributed by atoms with Crippen LogP contribution in [0.15, 0.2) is 46.2 Å². The minimum atomic E-state index is -0.812. The van der Waals surface area contributed by atoms with Crippen molar-refractivity contribution in [2.45, 2.75) is 59.2 Å². The maximum Gasteiger partial charge on any atom is 0.261 e. The molecule has 5 atom stereocenters. The van der Waals surface area contributed by atoms with Gasteiger partial charge in [-0.1, -0.05) is 20.8 Å². The number of nitrogens with zero attached hydrogens (tertiary/aromatic N) is 4. The van der Waals surface area contributed by atoms with Crippen LogP contribution in [0.3, 0.4) is 0 Å². The summed E-state index contributed by atoms with van der Waals surface area (Å²) in [4.78, 5) is 25.3. The molecular weight excluding hydrogens is 538 g/mol. The second kappa shape index (κ2) is 10.9. The molecule has 8 nitrogen and oxygen atoms in total. The third-order valence-corrected chi connectivity index (χ3v) is 9.98. The second-order valence-electron chi connectivity index (χ2n) is 12.9. The van der Waals surface area contributed by atoms with E-state index in [9.17, 15) is 13.6 Å². The second-order valence-corrected chi connectivity index (χ2v) is 12.9. The Bertz CT molecular complexity index is 1590. The largest absolute Gasteiger partial charge is 0.483 e. The predicted octanol–water partition coefficient (Wildman–Crippen LogP) is 4.73. The molecule has 2 N–H and O–H groups in total. The van der Waals surface area contributed by atoms with Crippen LogP contribution in [0.2, 0.25) is 0 Å². The summed E-state index contributed by atoms with van der Waals surface area (Å²) in [5, 5.41) is 7.82. The Morgan fingerprint density at radius 3 is 2.71 bits per heavy atom. The summed E-state index contributed by atoms with van der Waals surface area (Å²) in [6.07, 6.45) is 2.45. The smallest absolute Gasteiger partial charge is 0.261 e. The maximum atomic E-state index is 14.1. The number of aliphatic imine (C=N–C) groups is 1. The van der Waals surface area contributed by atoms with Crippen LogP contribution in [-0.2, 0) is 13.7 Å². The molecule has 3 aliphatic carbocycles. The molecule has 1 unspecified atom stereocenters. The highest BCUT2D eigenvalue weighted by molar-refractivity contribution is 5.86. The quantitative estimate of drug-likeness (QED) is 0.337. The minimum Gasteiger partial charge on any atom is -0.483 e. The fourth-order valence-corrected chi connectivity index (χ4v) is 7.19. The molecule has 0 amide bonds. The monoisotopic (exact) mass is 578 g/mol. The molecular formula is C32H40F2N6O2. The molecule has 1 aliphatic heterocycles. The molecule has 0 spiro atoms. The molecule has 1 aromatic heterocycles. The first-order valence-electron chi connectivity index (χ1n) is 14.9. The highest BCUT2D eigenvalue weighted by Gasteiger charge is 2.56. The topological polar surface area (TPSA) is 83.8 Å². The predicted molar refractivity (Wildman–Crippen MR) is 160 cm³/mol. The van der Waals surface area contributed by atoms with E-state index in [0.717, 1.165) is 50.1 Å². The van der Waals surface area contributed by atoms with Gasteiger partial charge in [0, 0.05) is 44.8 Å². The van der Waals surface area contributed by atoms with E-state index in [1.54, 1.807) is 13.1 Å². The summed E-state index contributed by atoms with van der Waals surface area (Å²) >= 11 is 0. The first-order chi connectivity index (χ1) is 20.0. The number of rotatable bonds is 5. The number of benzene rings is 2. The van der Waals surface area contributed by atoms with Gasteiger partial charge in [-0.3, -0.25) is 9.36 Å². The zero-order valence-electron chi connectivity index (χ0n) is 25.0. The van der Waals surface area contributed by atoms with Gasteiger partial charge in [0.25, 0.3) is 5.56 Å². The molecule has 0 radical (unpaired) electrons. The Morgan fingerprint density at radius 2 is 2.00 bits per heavy atom. The van der Waals surface area contributed by atoms with Crippen LogP contribution in [0.5, 0.6) is 5.75 Å². The maximum absolute atomic E-state index is 14.1. The van der Waals surface area contributed by atoms with E-state index in [4.69, 9.17) is 9.73 Å². The number of ether oxygens (including phenoxy) is 1. The van der Waals surface area contributed by atoms with Crippen molar-refractivity contribution < 1.29 is 13.5 Å². The number of hydrogen-bond acceptors (Lipinski definition) is 5. The standard InChI is InChI=1S/C32H40F2N6O2/c1-18-16-40(11-10-35-18)31(38-26-13-20-12-24(19(26)2)32(20,3)4)36-22-7-8-23-27(15-22)37-29(39(5)30(23)41)17-42-28-9-6-21(33)14-25(28)34/h6-9,14-15,18-20,24,26,35H,10-13,16-17H2,1-5H3,(H,36,38)/t18-,19+,20-,24-,26?/m0/s1. The number of aromatic nitrogens is 2. The van der Waals surface area contributed by atoms with E-state index in [1.807, 2.05) is 12.1 Å². The highest BCUT2D eigenvalue weighted by atomic mass is 19.1. The Balaban J connectivity index is 1.30. The van der Waals surface area contributed by atoms with Gasteiger partial charge in [-0.2, -0.15) is 0 Å². The highest BCUT2D eigenvalue weighted by Crippen LogP contribution is 2.61. The third-order valence-electron chi connectivity index (χ3n) is 9.98. The zero-order chi connectivity index (χ0) is 29.8. The lowest BCUT2D eigenvalue weighted by Gasteiger charge is -2.62. The zero-order valence-corrected chi connectivity index (χ0v) is 25.0. The summed E-state index contributed by atoms with van der Waals surface area (Å²) in [6.45, 7) is 11.8. The summed E-state index contributed by atoms with van der Waals surface area (Å²) < 4.78 is 34.3. The fourth-order valence-electron chi connectivity index (χ4n) is 7.19. The number of hydrogen-bond donors (Lipinski definition) is 2. The molecule has 2 bridgehead atoms. The average molecular weight is 579 g/mol. The Kier molecular flexibility index (Phi) is 7.45. The van der Waals surface area contributed by atoms with Crippen molar-refractivity contribution in [2.75, 3.05) is 19.6 Å². The lowest BCUT2D eigenvalue weighted by molar-refractivity contribution is -0.112. The van der Waals surface area contributed by atoms with Crippen molar-refractivity contribution in [3.05, 3.63) is 64.2 Å². The van der Waals surface area contributed by atoms with Crippen LogP contribution in [0, 0.1) is 34.8 Å². The van der Waals surface area contributed by atoms with Crippen LogP contribution in [0.1, 0.15) is 46.4 Å². The number of nitrogens with one attached hydrogen (secondary N) is 2. The molecule has 3 aromatic rings. The van der Waals surface area contributed by atoms with Crippen LogP contribution in [0.25, 0.3) is 10.9 Å². The van der Waals surface area contributed by atoms with Crippen LogP contribution in [0.4, 0.5) is 14.5 Å². The van der Waals surface area contributed by atoms with Gasteiger partial charge in [0.1, 0.15) is 18.2 Å². The van der Waals surface area contributed by atoms with E-state index in [2.05, 4.69) is 48.2 Å². The van der Waals surface area contributed by atoms with Gasteiger partial charge >= 0.3 is 0 Å². The van der Waals surface area contributed by atoms with Crippen molar-refractivity contribution in [1.29, 1.82) is 0 Å². The van der Waals surface area contributed by atoms with Crippen molar-refractivity contribution >= 4 is 22.5 Å². The van der Waals surface area contributed by atoms with E-state index < -0.39 is 11.6 Å². The van der Waals surface area contributed by atoms with E-state index >= 15 is 0 Å². The molecule has 4 aliphatic rings. The van der Waals surface area contributed by atoms with Crippen LogP contribution >= 0.6 is 0 Å². The Labute approximate surface area is 245 Å². The molecule has 42 heavy (non-hydrogen) atoms. The van der Waals surface area contributed by atoms with Gasteiger partial charge in [0.05, 0.1) is 16.6 Å². The first-order valence-corrected chi connectivity index (χ1v) is 14.9. The normalized spacial score (nSPS) is 27.1. The molecule has 2 heterocycles. The van der Waals surface area contributed by atoms with Crippen LogP contribution in [-0.4, -0.2) is 52.1 Å². The summed E-state index contributed by atoms with van der Waals surface area (Å²) in [5.41, 5.74) is 1.35. The summed E-state index contributed by atoms with van der Waals surface area (Å²) in [5.74, 6) is 1.56. The Hall–Kier alpha value is -3.53. The van der Waals surface area contributed by atoms with Crippen molar-refractivity contribution in [1.82, 2.24) is 25.1 Å². The first kappa shape index (κ1) is 28.6. The van der Waals surface area contributed by atoms with Gasteiger partial charge in [0.2, 0.25) is 0 Å². The van der Waals surface area contributed by atoms with Crippen molar-refractivity contribution in [3.63, 3.8) is 0 Å². The van der Waals surface area contributed by atoms with Crippen molar-refractivity contribution in [3.8, 4) is 5.75 Å². The fraction of sp³-hybridized carbons (Fsp3) is 0.531. The Morgan fingerprint density at radius 1 is 1.19 bits per heavy atom. The lowest BCUT2D eigenvalue weighted by Crippen LogP contribution is -2.63. The molecule has 3 saturated carbocycles. The van der Waals surface area contributed by atoms with Gasteiger partial charge in [-0.25, -0.2) is 18.8 Å². The SMILES string of the molecule is C[C@H]1CN(C(=Nc2ccc3c(=O)n(C)c(COc4ccc(F)cc4F)nc3c2)NC2C[C@@H]3C[C@@H]([C@H]2C)C3(C)C)CCN1. The molecule has 224 valence electrons. The van der Waals surface area contributed by atoms with Gasteiger partial charge < -0.3 is 20.3 Å². The van der Waals surface area contributed by atoms with Crippen LogP contribution < -0.4 is 20.9 Å². The molecule has 1 saturated heterocycles. The van der Waals surface area contributed by atoms with Crippen molar-refractivity contribution in [2.24, 2.45) is 35.2 Å². The summed E-state index contributed by atoms with van der Waals surface area (Å²) in [7, 11) is 1.60. The molecule has 2 aromatic carbocycles. The number of halogens is 2. The number of guanidine groups is 1. The third kappa shape index (κ3) is 5.25. The van der Waals surface area contributed by atoms with Gasteiger partial charge in [0.15, 0.2) is 17.5 Å². The van der Waals surface area contributed by atoms with E-state index in [1.165, 1.54) is 17.1 Å². The molecule has 4 fully saturated rings. The average Bonchev–Trinajstić information content (AvgIpc) is 2.95. The van der Waals surface area contributed by atoms with E-state index in [0.29, 0.717) is 51.7 Å². The number of piperazine rings is 1. The van der Waals surface area contributed by atoms with E-state index in [-0.39, 0.29) is 17.9 Å². The van der Waals surface area contributed by atoms with Gasteiger partial charge in [-0.05, 0) is 73.3 Å². The molecule has 7 rings (SSSR count). The summed E-state index contributed by atoms with van der Waals surface area (Å²) in [6, 6.07) is 9.23.